The highest BCUT2D eigenvalue weighted by atomic mass is 16.5. The van der Waals surface area contributed by atoms with E-state index in [1.54, 1.807) is 6.20 Å². The van der Waals surface area contributed by atoms with Crippen molar-refractivity contribution in [2.24, 2.45) is 5.92 Å². The van der Waals surface area contributed by atoms with Gasteiger partial charge in [0.05, 0.1) is 18.5 Å². The molecule has 0 unspecified atom stereocenters. The Kier molecular flexibility index (Phi) is 5.05. The number of nitrogens with one attached hydrogen (secondary N) is 1. The lowest BCUT2D eigenvalue weighted by Crippen LogP contribution is -2.13. The maximum atomic E-state index is 5.62. The van der Waals surface area contributed by atoms with Crippen LogP contribution in [0.5, 0.6) is 0 Å². The maximum absolute atomic E-state index is 5.62. The molecule has 0 radical (unpaired) electrons. The van der Waals surface area contributed by atoms with Gasteiger partial charge < -0.3 is 15.8 Å². The van der Waals surface area contributed by atoms with Gasteiger partial charge in [-0.2, -0.15) is 0 Å². The number of anilines is 2. The minimum atomic E-state index is 0.580. The standard InChI is InChI=1S/C12H21N3O/c1-9(2)8-16-5-4-14-12-10(3)6-11(13)7-15-12/h6-7,9H,4-5,8,13H2,1-3H3,(H,14,15). The number of ether oxygens (including phenoxy) is 1. The first-order valence-corrected chi connectivity index (χ1v) is 5.63. The molecule has 0 spiro atoms. The summed E-state index contributed by atoms with van der Waals surface area (Å²) in [5, 5.41) is 3.22. The van der Waals surface area contributed by atoms with Crippen LogP contribution in [0.1, 0.15) is 19.4 Å². The highest BCUT2D eigenvalue weighted by molar-refractivity contribution is 5.50. The number of nitrogens with two attached hydrogens (primary N) is 1. The molecule has 1 aromatic rings. The molecule has 3 N–H and O–H groups in total. The average Bonchev–Trinajstić information content (AvgIpc) is 2.20. The molecule has 0 amide bonds. The quantitative estimate of drug-likeness (QED) is 0.725. The van der Waals surface area contributed by atoms with E-state index < -0.39 is 0 Å². The Bertz CT molecular complexity index is 326. The van der Waals surface area contributed by atoms with Crippen LogP contribution >= 0.6 is 0 Å². The molecule has 4 nitrogen and oxygen atoms in total. The van der Waals surface area contributed by atoms with Crippen molar-refractivity contribution in [2.45, 2.75) is 20.8 Å². The summed E-state index contributed by atoms with van der Waals surface area (Å²) in [7, 11) is 0. The third kappa shape index (κ3) is 4.49. The Labute approximate surface area is 97.2 Å². The molecular formula is C12H21N3O. The molecule has 0 saturated heterocycles. The van der Waals surface area contributed by atoms with Crippen molar-refractivity contribution < 1.29 is 4.74 Å². The maximum Gasteiger partial charge on any atom is 0.129 e. The molecule has 0 fully saturated rings. The molecular weight excluding hydrogens is 202 g/mol. The van der Waals surface area contributed by atoms with Crippen molar-refractivity contribution in [3.8, 4) is 0 Å². The fourth-order valence-electron chi connectivity index (χ4n) is 1.34. The van der Waals surface area contributed by atoms with Crippen molar-refractivity contribution in [3.63, 3.8) is 0 Å². The lowest BCUT2D eigenvalue weighted by molar-refractivity contribution is 0.118. The molecule has 0 aliphatic carbocycles. The minimum Gasteiger partial charge on any atom is -0.397 e. The van der Waals surface area contributed by atoms with Gasteiger partial charge in [0.25, 0.3) is 0 Å². The summed E-state index contributed by atoms with van der Waals surface area (Å²) in [6.07, 6.45) is 1.66. The summed E-state index contributed by atoms with van der Waals surface area (Å²) in [5.41, 5.74) is 7.37. The van der Waals surface area contributed by atoms with Crippen LogP contribution in [0.15, 0.2) is 12.3 Å². The number of nitrogens with zero attached hydrogens (tertiary/aromatic N) is 1. The van der Waals surface area contributed by atoms with E-state index in [4.69, 9.17) is 10.5 Å². The van der Waals surface area contributed by atoms with Crippen LogP contribution in [-0.2, 0) is 4.74 Å². The van der Waals surface area contributed by atoms with E-state index in [1.165, 1.54) is 0 Å². The van der Waals surface area contributed by atoms with Gasteiger partial charge in [0.2, 0.25) is 0 Å². The normalized spacial score (nSPS) is 10.8. The molecule has 1 heterocycles. The van der Waals surface area contributed by atoms with Gasteiger partial charge in [-0.3, -0.25) is 0 Å². The average molecular weight is 223 g/mol. The van der Waals surface area contributed by atoms with Crippen molar-refractivity contribution in [1.29, 1.82) is 0 Å². The van der Waals surface area contributed by atoms with Gasteiger partial charge in [-0.25, -0.2) is 4.98 Å². The number of aromatic nitrogens is 1. The fraction of sp³-hybridized carbons (Fsp3) is 0.583. The van der Waals surface area contributed by atoms with Crippen molar-refractivity contribution in [3.05, 3.63) is 17.8 Å². The number of hydrogen-bond donors (Lipinski definition) is 2. The SMILES string of the molecule is Cc1cc(N)cnc1NCCOCC(C)C. The first-order chi connectivity index (χ1) is 7.59. The molecule has 0 aliphatic rings. The van der Waals surface area contributed by atoms with Gasteiger partial charge in [-0.1, -0.05) is 13.8 Å². The second-order valence-corrected chi connectivity index (χ2v) is 4.33. The molecule has 1 aromatic heterocycles. The van der Waals surface area contributed by atoms with Crippen LogP contribution < -0.4 is 11.1 Å². The Balaban J connectivity index is 2.27. The van der Waals surface area contributed by atoms with Gasteiger partial charge >= 0.3 is 0 Å². The number of rotatable bonds is 6. The third-order valence-corrected chi connectivity index (χ3v) is 2.09. The summed E-state index contributed by atoms with van der Waals surface area (Å²) in [6.45, 7) is 8.53. The van der Waals surface area contributed by atoms with E-state index in [9.17, 15) is 0 Å². The monoisotopic (exact) mass is 223 g/mol. The zero-order chi connectivity index (χ0) is 12.0. The van der Waals surface area contributed by atoms with Gasteiger partial charge in [0.15, 0.2) is 0 Å². The van der Waals surface area contributed by atoms with Crippen LogP contribution in [0.4, 0.5) is 11.5 Å². The first kappa shape index (κ1) is 12.8. The van der Waals surface area contributed by atoms with E-state index in [0.29, 0.717) is 18.2 Å². The van der Waals surface area contributed by atoms with Crippen LogP contribution in [0, 0.1) is 12.8 Å². The van der Waals surface area contributed by atoms with E-state index in [1.807, 2.05) is 13.0 Å². The van der Waals surface area contributed by atoms with Gasteiger partial charge in [-0.05, 0) is 24.5 Å². The summed E-state index contributed by atoms with van der Waals surface area (Å²) >= 11 is 0. The molecule has 0 bridgehead atoms. The predicted molar refractivity (Wildman–Crippen MR) is 67.5 cm³/mol. The lowest BCUT2D eigenvalue weighted by Gasteiger charge is -2.10. The largest absolute Gasteiger partial charge is 0.397 e. The van der Waals surface area contributed by atoms with E-state index in [2.05, 4.69) is 24.1 Å². The van der Waals surface area contributed by atoms with Gasteiger partial charge in [0.1, 0.15) is 5.82 Å². The van der Waals surface area contributed by atoms with Crippen LogP contribution in [0.3, 0.4) is 0 Å². The first-order valence-electron chi connectivity index (χ1n) is 5.63. The molecule has 4 heteroatoms. The third-order valence-electron chi connectivity index (χ3n) is 2.09. The summed E-state index contributed by atoms with van der Waals surface area (Å²) in [5.74, 6) is 1.46. The molecule has 0 saturated carbocycles. The molecule has 0 aromatic carbocycles. The molecule has 0 atom stereocenters. The Hall–Kier alpha value is -1.29. The Morgan fingerprint density at radius 3 is 2.88 bits per heavy atom. The number of aryl methyl sites for hydroxylation is 1. The van der Waals surface area contributed by atoms with E-state index >= 15 is 0 Å². The number of pyridine rings is 1. The minimum absolute atomic E-state index is 0.580. The second kappa shape index (κ2) is 6.33. The molecule has 1 rings (SSSR count). The molecule has 0 aliphatic heterocycles. The van der Waals surface area contributed by atoms with Crippen molar-refractivity contribution in [2.75, 3.05) is 30.8 Å². The second-order valence-electron chi connectivity index (χ2n) is 4.33. The Morgan fingerprint density at radius 2 is 2.25 bits per heavy atom. The lowest BCUT2D eigenvalue weighted by atomic mass is 10.2. The molecule has 90 valence electrons. The number of hydrogen-bond acceptors (Lipinski definition) is 4. The predicted octanol–water partition coefficient (Wildman–Crippen LogP) is 2.06. The smallest absolute Gasteiger partial charge is 0.129 e. The highest BCUT2D eigenvalue weighted by Crippen LogP contribution is 2.13. The topological polar surface area (TPSA) is 60.2 Å². The van der Waals surface area contributed by atoms with E-state index in [0.717, 1.165) is 24.5 Å². The van der Waals surface area contributed by atoms with Gasteiger partial charge in [-0.15, -0.1) is 0 Å². The summed E-state index contributed by atoms with van der Waals surface area (Å²) in [4.78, 5) is 4.22. The zero-order valence-electron chi connectivity index (χ0n) is 10.3. The van der Waals surface area contributed by atoms with Crippen LogP contribution in [0.2, 0.25) is 0 Å². The van der Waals surface area contributed by atoms with Gasteiger partial charge in [0, 0.05) is 13.2 Å². The zero-order valence-corrected chi connectivity index (χ0v) is 10.3. The number of nitrogen functional groups attached to an aromatic ring is 1. The highest BCUT2D eigenvalue weighted by Gasteiger charge is 1.99. The van der Waals surface area contributed by atoms with Crippen molar-refractivity contribution in [1.82, 2.24) is 4.98 Å². The summed E-state index contributed by atoms with van der Waals surface area (Å²) in [6, 6.07) is 1.91. The van der Waals surface area contributed by atoms with Crippen LogP contribution in [0.25, 0.3) is 0 Å². The van der Waals surface area contributed by atoms with Crippen molar-refractivity contribution >= 4 is 11.5 Å². The van der Waals surface area contributed by atoms with E-state index in [-0.39, 0.29) is 0 Å². The summed E-state index contributed by atoms with van der Waals surface area (Å²) < 4.78 is 5.47. The Morgan fingerprint density at radius 1 is 1.50 bits per heavy atom. The van der Waals surface area contributed by atoms with Crippen LogP contribution in [-0.4, -0.2) is 24.7 Å². The fourth-order valence-corrected chi connectivity index (χ4v) is 1.34. The molecule has 16 heavy (non-hydrogen) atoms.